The van der Waals surface area contributed by atoms with E-state index in [0.29, 0.717) is 0 Å². The lowest BCUT2D eigenvalue weighted by molar-refractivity contribution is 0.431. The molecule has 0 aliphatic heterocycles. The van der Waals surface area contributed by atoms with Crippen molar-refractivity contribution < 1.29 is 0 Å². The average Bonchev–Trinajstić information content (AvgIpc) is 2.77. The summed E-state index contributed by atoms with van der Waals surface area (Å²) in [6.45, 7) is 6.56. The topological polar surface area (TPSA) is 12.0 Å². The van der Waals surface area contributed by atoms with E-state index >= 15 is 0 Å². The van der Waals surface area contributed by atoms with Crippen molar-refractivity contribution in [2.75, 3.05) is 12.4 Å². The van der Waals surface area contributed by atoms with Crippen LogP contribution in [0.25, 0.3) is 0 Å². The predicted octanol–water partition coefficient (Wildman–Crippen LogP) is 4.45. The highest BCUT2D eigenvalue weighted by atomic mass is 35.5. The lowest BCUT2D eigenvalue weighted by Crippen LogP contribution is -2.22. The Kier molecular flexibility index (Phi) is 7.91. The summed E-state index contributed by atoms with van der Waals surface area (Å²) in [6.07, 6.45) is 4.81. The molecule has 0 radical (unpaired) electrons. The molecule has 3 heteroatoms. The summed E-state index contributed by atoms with van der Waals surface area (Å²) in [5.41, 5.74) is 0. The average molecular weight is 274 g/mol. The van der Waals surface area contributed by atoms with Crippen LogP contribution < -0.4 is 5.32 Å². The zero-order valence-electron chi connectivity index (χ0n) is 11.0. The highest BCUT2D eigenvalue weighted by molar-refractivity contribution is 7.11. The molecule has 1 nitrogen and oxygen atoms in total. The molecule has 1 aromatic heterocycles. The largest absolute Gasteiger partial charge is 0.312 e. The van der Waals surface area contributed by atoms with E-state index in [4.69, 9.17) is 11.6 Å². The van der Waals surface area contributed by atoms with Crippen molar-refractivity contribution in [3.05, 3.63) is 21.9 Å². The van der Waals surface area contributed by atoms with Gasteiger partial charge in [0.1, 0.15) is 0 Å². The second-order valence-corrected chi connectivity index (χ2v) is 6.12. The van der Waals surface area contributed by atoms with E-state index in [0.717, 1.165) is 37.7 Å². The minimum absolute atomic E-state index is 0.739. The van der Waals surface area contributed by atoms with Crippen LogP contribution in [0, 0.1) is 5.92 Å². The number of nitrogens with one attached hydrogen (secondary N) is 1. The van der Waals surface area contributed by atoms with Gasteiger partial charge in [0.25, 0.3) is 0 Å². The quantitative estimate of drug-likeness (QED) is 0.656. The zero-order chi connectivity index (χ0) is 12.5. The minimum atomic E-state index is 0.739. The second-order valence-electron chi connectivity index (χ2n) is 4.48. The molecule has 0 saturated carbocycles. The maximum Gasteiger partial charge on any atom is 0.0299 e. The monoisotopic (exact) mass is 273 g/mol. The van der Waals surface area contributed by atoms with Crippen LogP contribution in [-0.2, 0) is 13.0 Å². The van der Waals surface area contributed by atoms with E-state index in [1.807, 2.05) is 11.3 Å². The Morgan fingerprint density at radius 1 is 1.24 bits per heavy atom. The number of rotatable bonds is 9. The first-order valence-corrected chi connectivity index (χ1v) is 7.99. The van der Waals surface area contributed by atoms with Gasteiger partial charge in [-0.3, -0.25) is 0 Å². The summed E-state index contributed by atoms with van der Waals surface area (Å²) < 4.78 is 0. The van der Waals surface area contributed by atoms with Gasteiger partial charge in [-0.05, 0) is 43.9 Å². The summed E-state index contributed by atoms with van der Waals surface area (Å²) in [7, 11) is 0. The maximum atomic E-state index is 5.82. The predicted molar refractivity (Wildman–Crippen MR) is 79.1 cm³/mol. The number of alkyl halides is 1. The lowest BCUT2D eigenvalue weighted by atomic mass is 10.0. The van der Waals surface area contributed by atoms with E-state index in [1.165, 1.54) is 22.6 Å². The first kappa shape index (κ1) is 15.0. The minimum Gasteiger partial charge on any atom is -0.312 e. The number of hydrogen-bond acceptors (Lipinski definition) is 2. The number of aryl methyl sites for hydroxylation is 1. The van der Waals surface area contributed by atoms with Crippen LogP contribution in [0.5, 0.6) is 0 Å². The molecule has 1 unspecified atom stereocenters. The van der Waals surface area contributed by atoms with Gasteiger partial charge < -0.3 is 5.32 Å². The van der Waals surface area contributed by atoms with Gasteiger partial charge in [0.2, 0.25) is 0 Å². The Hall–Kier alpha value is -0.0500. The zero-order valence-corrected chi connectivity index (χ0v) is 12.5. The molecule has 17 heavy (non-hydrogen) atoms. The summed E-state index contributed by atoms with van der Waals surface area (Å²) in [4.78, 5) is 2.93. The lowest BCUT2D eigenvalue weighted by Gasteiger charge is -2.15. The summed E-state index contributed by atoms with van der Waals surface area (Å²) in [5, 5.41) is 3.56. The molecule has 0 bridgehead atoms. The first-order valence-electron chi connectivity index (χ1n) is 6.64. The fourth-order valence-electron chi connectivity index (χ4n) is 2.02. The number of thiophene rings is 1. The third kappa shape index (κ3) is 5.89. The summed E-state index contributed by atoms with van der Waals surface area (Å²) >= 11 is 7.75. The van der Waals surface area contributed by atoms with Crippen LogP contribution in [0.15, 0.2) is 12.1 Å². The van der Waals surface area contributed by atoms with E-state index in [-0.39, 0.29) is 0 Å². The van der Waals surface area contributed by atoms with Crippen LogP contribution in [0.4, 0.5) is 0 Å². The molecule has 98 valence electrons. The standard InChI is InChI=1S/C14H24ClNS/c1-3-5-12(8-9-15)10-16-11-14-7-6-13(4-2)17-14/h6-7,12,16H,3-5,8-11H2,1-2H3. The van der Waals surface area contributed by atoms with Crippen LogP contribution in [0.3, 0.4) is 0 Å². The highest BCUT2D eigenvalue weighted by Gasteiger charge is 2.06. The molecule has 0 aliphatic rings. The van der Waals surface area contributed by atoms with Crippen molar-refractivity contribution in [1.29, 1.82) is 0 Å². The van der Waals surface area contributed by atoms with Gasteiger partial charge in [0, 0.05) is 22.2 Å². The van der Waals surface area contributed by atoms with Gasteiger partial charge in [-0.2, -0.15) is 0 Å². The number of hydrogen-bond donors (Lipinski definition) is 1. The summed E-state index contributed by atoms with van der Waals surface area (Å²) in [5.74, 6) is 1.52. The highest BCUT2D eigenvalue weighted by Crippen LogP contribution is 2.17. The van der Waals surface area contributed by atoms with Gasteiger partial charge in [-0.25, -0.2) is 0 Å². The fourth-order valence-corrected chi connectivity index (χ4v) is 3.25. The molecule has 1 aromatic rings. The Morgan fingerprint density at radius 3 is 2.59 bits per heavy atom. The number of halogens is 1. The summed E-state index contributed by atoms with van der Waals surface area (Å²) in [6, 6.07) is 4.48. The first-order chi connectivity index (χ1) is 8.30. The van der Waals surface area contributed by atoms with Gasteiger partial charge >= 0.3 is 0 Å². The van der Waals surface area contributed by atoms with E-state index in [2.05, 4.69) is 31.3 Å². The van der Waals surface area contributed by atoms with Crippen molar-refractivity contribution in [2.24, 2.45) is 5.92 Å². The van der Waals surface area contributed by atoms with Crippen LogP contribution in [0.2, 0.25) is 0 Å². The Bertz CT molecular complexity index is 292. The molecule has 0 amide bonds. The van der Waals surface area contributed by atoms with E-state index in [1.54, 1.807) is 0 Å². The van der Waals surface area contributed by atoms with Gasteiger partial charge in [0.15, 0.2) is 0 Å². The molecule has 0 fully saturated rings. The van der Waals surface area contributed by atoms with Crippen molar-refractivity contribution in [2.45, 2.75) is 46.1 Å². The molecular weight excluding hydrogens is 250 g/mol. The molecule has 1 heterocycles. The van der Waals surface area contributed by atoms with E-state index in [9.17, 15) is 0 Å². The Balaban J connectivity index is 2.24. The molecule has 1 atom stereocenters. The Labute approximate surface area is 115 Å². The molecule has 1 rings (SSSR count). The second kappa shape index (κ2) is 8.96. The molecule has 0 aliphatic carbocycles. The van der Waals surface area contributed by atoms with Gasteiger partial charge in [0.05, 0.1) is 0 Å². The molecule has 0 spiro atoms. The molecule has 0 saturated heterocycles. The Morgan fingerprint density at radius 2 is 2.00 bits per heavy atom. The molecule has 1 N–H and O–H groups in total. The van der Waals surface area contributed by atoms with Crippen molar-refractivity contribution in [3.63, 3.8) is 0 Å². The van der Waals surface area contributed by atoms with Crippen molar-refractivity contribution in [1.82, 2.24) is 5.32 Å². The third-order valence-electron chi connectivity index (χ3n) is 3.01. The van der Waals surface area contributed by atoms with Gasteiger partial charge in [-0.15, -0.1) is 22.9 Å². The smallest absolute Gasteiger partial charge is 0.0299 e. The van der Waals surface area contributed by atoms with Crippen LogP contribution in [-0.4, -0.2) is 12.4 Å². The third-order valence-corrected chi connectivity index (χ3v) is 4.46. The van der Waals surface area contributed by atoms with Crippen LogP contribution in [0.1, 0.15) is 42.9 Å². The SMILES string of the molecule is CCCC(CCCl)CNCc1ccc(CC)s1. The van der Waals surface area contributed by atoms with Crippen molar-refractivity contribution >= 4 is 22.9 Å². The fraction of sp³-hybridized carbons (Fsp3) is 0.714. The van der Waals surface area contributed by atoms with Crippen molar-refractivity contribution in [3.8, 4) is 0 Å². The van der Waals surface area contributed by atoms with Crippen LogP contribution >= 0.6 is 22.9 Å². The molecule has 0 aromatic carbocycles. The maximum absolute atomic E-state index is 5.82. The van der Waals surface area contributed by atoms with Gasteiger partial charge in [-0.1, -0.05) is 20.3 Å². The normalized spacial score (nSPS) is 12.9. The van der Waals surface area contributed by atoms with E-state index < -0.39 is 0 Å². The molecular formula is C14H24ClNS.